The number of aliphatic hydroxyl groups is 1. The first-order valence-electron chi connectivity index (χ1n) is 9.72. The minimum atomic E-state index is -3.72. The maximum absolute atomic E-state index is 12.9. The molecule has 0 amide bonds. The molecule has 0 radical (unpaired) electrons. The quantitative estimate of drug-likeness (QED) is 0.569. The Balaban J connectivity index is 1.70. The van der Waals surface area contributed by atoms with E-state index in [0.717, 1.165) is 16.7 Å². The highest BCUT2D eigenvalue weighted by Gasteiger charge is 2.28. The fourth-order valence-electron chi connectivity index (χ4n) is 3.74. The number of aryl methyl sites for hydroxylation is 2. The molecule has 0 aliphatic heterocycles. The zero-order chi connectivity index (χ0) is 21.5. The van der Waals surface area contributed by atoms with Gasteiger partial charge in [-0.1, -0.05) is 6.07 Å². The van der Waals surface area contributed by atoms with E-state index in [1.165, 1.54) is 0 Å². The third kappa shape index (κ3) is 4.09. The van der Waals surface area contributed by atoms with E-state index in [2.05, 4.69) is 14.7 Å². The number of nitrogen functional groups attached to an aromatic ring is 1. The van der Waals surface area contributed by atoms with Gasteiger partial charge in [0, 0.05) is 24.7 Å². The molecule has 1 aromatic carbocycles. The molecular weight excluding hydrogens is 404 g/mol. The van der Waals surface area contributed by atoms with Crippen LogP contribution in [0.3, 0.4) is 0 Å². The molecule has 2 atom stereocenters. The van der Waals surface area contributed by atoms with Crippen LogP contribution in [-0.4, -0.2) is 35.6 Å². The van der Waals surface area contributed by atoms with E-state index in [1.54, 1.807) is 37.5 Å². The van der Waals surface area contributed by atoms with Crippen molar-refractivity contribution >= 4 is 15.8 Å². The van der Waals surface area contributed by atoms with E-state index in [4.69, 9.17) is 10.2 Å². The lowest BCUT2D eigenvalue weighted by atomic mass is 10.0. The second-order valence-electron chi connectivity index (χ2n) is 7.66. The van der Waals surface area contributed by atoms with Crippen LogP contribution in [0.15, 0.2) is 46.0 Å². The lowest BCUT2D eigenvalue weighted by Gasteiger charge is -2.15. The molecular formula is C21H24N4O4S. The number of oxazole rings is 1. The van der Waals surface area contributed by atoms with Crippen molar-refractivity contribution in [2.75, 3.05) is 5.73 Å². The van der Waals surface area contributed by atoms with E-state index in [9.17, 15) is 13.5 Å². The maximum atomic E-state index is 12.9. The van der Waals surface area contributed by atoms with Crippen LogP contribution in [0.25, 0.3) is 22.5 Å². The van der Waals surface area contributed by atoms with Gasteiger partial charge in [-0.05, 0) is 55.5 Å². The maximum Gasteiger partial charge on any atom is 0.240 e. The van der Waals surface area contributed by atoms with Crippen LogP contribution >= 0.6 is 0 Å². The summed E-state index contributed by atoms with van der Waals surface area (Å²) in [4.78, 5) is 8.53. The van der Waals surface area contributed by atoms with Gasteiger partial charge in [0.15, 0.2) is 11.7 Å². The number of anilines is 1. The molecule has 158 valence electrons. The van der Waals surface area contributed by atoms with Gasteiger partial charge in [0.1, 0.15) is 5.82 Å². The summed E-state index contributed by atoms with van der Waals surface area (Å²) < 4.78 is 34.0. The van der Waals surface area contributed by atoms with Gasteiger partial charge in [-0.3, -0.25) is 0 Å². The van der Waals surface area contributed by atoms with Crippen LogP contribution in [0, 0.1) is 13.8 Å². The number of hydrogen-bond acceptors (Lipinski definition) is 7. The summed E-state index contributed by atoms with van der Waals surface area (Å²) in [5, 5.41) is 9.68. The number of pyridine rings is 1. The fourth-order valence-corrected chi connectivity index (χ4v) is 5.05. The Kier molecular flexibility index (Phi) is 5.35. The predicted molar refractivity (Wildman–Crippen MR) is 113 cm³/mol. The molecule has 0 unspecified atom stereocenters. The zero-order valence-electron chi connectivity index (χ0n) is 16.8. The SMILES string of the molecule is Cc1ncc(-c2cc(-c3cc(S(=O)(=O)N[C@H]4CC[C@@H](O)C4)ccc3C)cnc2N)o1. The van der Waals surface area contributed by atoms with Gasteiger partial charge in [0.05, 0.1) is 22.8 Å². The van der Waals surface area contributed by atoms with Crippen molar-refractivity contribution in [2.45, 2.75) is 50.2 Å². The second kappa shape index (κ2) is 7.82. The number of benzene rings is 1. The van der Waals surface area contributed by atoms with Crippen molar-refractivity contribution in [3.63, 3.8) is 0 Å². The lowest BCUT2D eigenvalue weighted by Crippen LogP contribution is -2.33. The molecule has 0 bridgehead atoms. The minimum Gasteiger partial charge on any atom is -0.441 e. The highest BCUT2D eigenvalue weighted by atomic mass is 32.2. The molecule has 1 aliphatic carbocycles. The smallest absolute Gasteiger partial charge is 0.240 e. The number of hydrogen-bond donors (Lipinski definition) is 3. The average Bonchev–Trinajstić information content (AvgIpc) is 3.30. The highest BCUT2D eigenvalue weighted by Crippen LogP contribution is 2.32. The molecule has 1 aliphatic rings. The Bertz CT molecular complexity index is 1190. The van der Waals surface area contributed by atoms with Crippen LogP contribution in [0.5, 0.6) is 0 Å². The van der Waals surface area contributed by atoms with Gasteiger partial charge in [-0.15, -0.1) is 0 Å². The average molecular weight is 429 g/mol. The number of aliphatic hydroxyl groups excluding tert-OH is 1. The molecule has 1 fully saturated rings. The predicted octanol–water partition coefficient (Wildman–Crippen LogP) is 2.79. The Morgan fingerprint density at radius 3 is 2.60 bits per heavy atom. The summed E-state index contributed by atoms with van der Waals surface area (Å²) in [6.07, 6.45) is 4.40. The monoisotopic (exact) mass is 428 g/mol. The highest BCUT2D eigenvalue weighted by molar-refractivity contribution is 7.89. The number of nitrogens with one attached hydrogen (secondary N) is 1. The number of nitrogens with zero attached hydrogens (tertiary/aromatic N) is 2. The van der Waals surface area contributed by atoms with E-state index in [0.29, 0.717) is 42.3 Å². The normalized spacial score (nSPS) is 19.3. The number of rotatable bonds is 5. The van der Waals surface area contributed by atoms with Gasteiger partial charge < -0.3 is 15.3 Å². The van der Waals surface area contributed by atoms with Gasteiger partial charge in [-0.25, -0.2) is 23.1 Å². The standard InChI is InChI=1S/C21H24N4O4S/c1-12-3-6-17(30(27,28)25-15-4-5-16(26)8-15)9-18(12)14-7-19(21(22)24-10-14)20-11-23-13(2)29-20/h3,6-7,9-11,15-16,25-26H,4-5,8H2,1-2H3,(H2,22,24)/t15-,16+/m0/s1. The van der Waals surface area contributed by atoms with Crippen molar-refractivity contribution in [3.8, 4) is 22.5 Å². The number of sulfonamides is 1. The molecule has 3 aromatic rings. The second-order valence-corrected chi connectivity index (χ2v) is 9.38. The van der Waals surface area contributed by atoms with Crippen LogP contribution in [-0.2, 0) is 10.0 Å². The molecule has 2 heterocycles. The van der Waals surface area contributed by atoms with Crippen LogP contribution in [0.4, 0.5) is 5.82 Å². The minimum absolute atomic E-state index is 0.165. The van der Waals surface area contributed by atoms with Crippen LogP contribution < -0.4 is 10.5 Å². The summed E-state index contributed by atoms with van der Waals surface area (Å²) >= 11 is 0. The van der Waals surface area contributed by atoms with Gasteiger partial charge in [0.2, 0.25) is 10.0 Å². The van der Waals surface area contributed by atoms with Crippen molar-refractivity contribution in [1.29, 1.82) is 0 Å². The molecule has 4 N–H and O–H groups in total. The van der Waals surface area contributed by atoms with E-state index in [-0.39, 0.29) is 10.9 Å². The lowest BCUT2D eigenvalue weighted by molar-refractivity contribution is 0.181. The molecule has 0 spiro atoms. The summed E-state index contributed by atoms with van der Waals surface area (Å²) in [5.74, 6) is 1.32. The summed E-state index contributed by atoms with van der Waals surface area (Å²) in [7, 11) is -3.72. The molecule has 4 rings (SSSR count). The van der Waals surface area contributed by atoms with E-state index in [1.807, 2.05) is 13.0 Å². The summed E-state index contributed by atoms with van der Waals surface area (Å²) in [6, 6.07) is 6.54. The summed E-state index contributed by atoms with van der Waals surface area (Å²) in [5.41, 5.74) is 8.97. The molecule has 9 heteroatoms. The fraction of sp³-hybridized carbons (Fsp3) is 0.333. The summed E-state index contributed by atoms with van der Waals surface area (Å²) in [6.45, 7) is 3.65. The first-order valence-corrected chi connectivity index (χ1v) is 11.2. The molecule has 0 saturated heterocycles. The van der Waals surface area contributed by atoms with Crippen molar-refractivity contribution in [3.05, 3.63) is 48.1 Å². The van der Waals surface area contributed by atoms with Gasteiger partial charge in [-0.2, -0.15) is 0 Å². The van der Waals surface area contributed by atoms with Crippen molar-refractivity contribution < 1.29 is 17.9 Å². The molecule has 1 saturated carbocycles. The number of aromatic nitrogens is 2. The van der Waals surface area contributed by atoms with E-state index < -0.39 is 16.1 Å². The van der Waals surface area contributed by atoms with Crippen LogP contribution in [0.2, 0.25) is 0 Å². The van der Waals surface area contributed by atoms with Gasteiger partial charge in [0.25, 0.3) is 0 Å². The zero-order valence-corrected chi connectivity index (χ0v) is 17.6. The first kappa shape index (κ1) is 20.5. The van der Waals surface area contributed by atoms with Crippen LogP contribution in [0.1, 0.15) is 30.7 Å². The van der Waals surface area contributed by atoms with Gasteiger partial charge >= 0.3 is 0 Å². The topological polar surface area (TPSA) is 131 Å². The molecule has 2 aromatic heterocycles. The third-order valence-corrected chi connectivity index (χ3v) is 6.88. The Morgan fingerprint density at radius 1 is 1.13 bits per heavy atom. The molecule has 8 nitrogen and oxygen atoms in total. The first-order chi connectivity index (χ1) is 14.2. The largest absolute Gasteiger partial charge is 0.441 e. The third-order valence-electron chi connectivity index (χ3n) is 5.36. The Labute approximate surface area is 175 Å². The molecule has 30 heavy (non-hydrogen) atoms. The van der Waals surface area contributed by atoms with E-state index >= 15 is 0 Å². The Morgan fingerprint density at radius 2 is 1.93 bits per heavy atom. The Hall–Kier alpha value is -2.75. The number of nitrogens with two attached hydrogens (primary N) is 1. The van der Waals surface area contributed by atoms with Crippen molar-refractivity contribution in [1.82, 2.24) is 14.7 Å². The van der Waals surface area contributed by atoms with Crippen molar-refractivity contribution in [2.24, 2.45) is 0 Å².